The van der Waals surface area contributed by atoms with Crippen molar-refractivity contribution in [2.24, 2.45) is 0 Å². The number of halogens is 5. The summed E-state index contributed by atoms with van der Waals surface area (Å²) in [6.07, 6.45) is -5.89. The summed E-state index contributed by atoms with van der Waals surface area (Å²) >= 11 is 5.85. The van der Waals surface area contributed by atoms with Crippen LogP contribution in [-0.4, -0.2) is 38.7 Å². The highest BCUT2D eigenvalue weighted by Gasteiger charge is 2.37. The third kappa shape index (κ3) is 4.97. The first-order valence-corrected chi connectivity index (χ1v) is 12.1. The number of sulfonamides is 1. The molecule has 1 aliphatic rings. The van der Waals surface area contributed by atoms with Gasteiger partial charge in [-0.3, -0.25) is 9.10 Å². The number of anilines is 2. The Balaban J connectivity index is 1.73. The Kier molecular flexibility index (Phi) is 6.86. The van der Waals surface area contributed by atoms with Gasteiger partial charge in [0.05, 0.1) is 34.9 Å². The van der Waals surface area contributed by atoms with Gasteiger partial charge in [0.25, 0.3) is 15.9 Å². The second-order valence-electron chi connectivity index (χ2n) is 7.71. The molecular formula is C23H17ClF4N2O5S. The van der Waals surface area contributed by atoms with E-state index in [1.807, 2.05) is 0 Å². The summed E-state index contributed by atoms with van der Waals surface area (Å²) in [4.78, 5) is 12.5. The van der Waals surface area contributed by atoms with Crippen molar-refractivity contribution in [2.75, 3.05) is 22.8 Å². The molecule has 0 saturated carbocycles. The van der Waals surface area contributed by atoms with Gasteiger partial charge in [-0.1, -0.05) is 17.7 Å². The van der Waals surface area contributed by atoms with Crippen LogP contribution in [0.1, 0.15) is 15.9 Å². The number of carbonyl (C=O) groups excluding carboxylic acids is 1. The summed E-state index contributed by atoms with van der Waals surface area (Å²) in [7, 11) is -4.20. The van der Waals surface area contributed by atoms with E-state index in [1.165, 1.54) is 42.5 Å². The largest absolute Gasteiger partial charge is 0.484 e. The summed E-state index contributed by atoms with van der Waals surface area (Å²) in [5.74, 6) is -2.71. The molecule has 190 valence electrons. The fourth-order valence-corrected chi connectivity index (χ4v) is 5.26. The molecule has 7 nitrogen and oxygen atoms in total. The lowest BCUT2D eigenvalue weighted by Gasteiger charge is -2.35. The number of ether oxygens (including phenoxy) is 1. The number of aliphatic hydroxyl groups is 1. The molecule has 13 heteroatoms. The molecular weight excluding hydrogens is 528 g/mol. The first kappa shape index (κ1) is 25.7. The standard InChI is InChI=1S/C23H17ClF4N2O5S/c24-13-4-7-16(8-5-13)36(33,34)30-11-15(12-31)35-20-9-6-14(10-19(20)30)29-22(32)21-17(23(26,27)28)2-1-3-18(21)25/h1-10,15,31H,11-12H2,(H,29,32)/t15-/m1/s1. The summed E-state index contributed by atoms with van der Waals surface area (Å²) < 4.78 is 87.5. The first-order chi connectivity index (χ1) is 16.9. The Hall–Kier alpha value is -3.35. The number of rotatable bonds is 5. The number of nitrogens with one attached hydrogen (secondary N) is 1. The zero-order valence-electron chi connectivity index (χ0n) is 18.1. The smallest absolute Gasteiger partial charge is 0.417 e. The van der Waals surface area contributed by atoms with E-state index >= 15 is 0 Å². The average Bonchev–Trinajstić information content (AvgIpc) is 2.82. The van der Waals surface area contributed by atoms with Crippen LogP contribution in [0.25, 0.3) is 0 Å². The molecule has 4 rings (SSSR count). The Labute approximate surface area is 207 Å². The second kappa shape index (κ2) is 9.60. The predicted molar refractivity (Wildman–Crippen MR) is 123 cm³/mol. The molecule has 0 radical (unpaired) electrons. The number of aliphatic hydroxyl groups excluding tert-OH is 1. The van der Waals surface area contributed by atoms with Crippen LogP contribution in [0.5, 0.6) is 5.75 Å². The summed E-state index contributed by atoms with van der Waals surface area (Å²) in [5.41, 5.74) is -2.82. The van der Waals surface area contributed by atoms with Gasteiger partial charge in [0.1, 0.15) is 17.7 Å². The summed E-state index contributed by atoms with van der Waals surface area (Å²) in [5, 5.41) is 12.1. The normalized spacial score (nSPS) is 15.7. The average molecular weight is 545 g/mol. The van der Waals surface area contributed by atoms with Crippen LogP contribution in [-0.2, 0) is 16.2 Å². The maximum absolute atomic E-state index is 14.2. The molecule has 0 saturated heterocycles. The quantitative estimate of drug-likeness (QED) is 0.454. The van der Waals surface area contributed by atoms with Gasteiger partial charge in [0.15, 0.2) is 0 Å². The molecule has 0 unspecified atom stereocenters. The molecule has 36 heavy (non-hydrogen) atoms. The van der Waals surface area contributed by atoms with Crippen molar-refractivity contribution in [1.29, 1.82) is 0 Å². The summed E-state index contributed by atoms with van der Waals surface area (Å²) in [6.45, 7) is -0.796. The Bertz CT molecular complexity index is 1410. The molecule has 3 aromatic rings. The van der Waals surface area contributed by atoms with Crippen molar-refractivity contribution in [3.8, 4) is 5.75 Å². The molecule has 1 amide bonds. The van der Waals surface area contributed by atoms with Crippen LogP contribution in [0.15, 0.2) is 65.6 Å². The van der Waals surface area contributed by atoms with Crippen LogP contribution >= 0.6 is 11.6 Å². The lowest BCUT2D eigenvalue weighted by atomic mass is 10.1. The van der Waals surface area contributed by atoms with E-state index in [9.17, 15) is 35.9 Å². The molecule has 1 heterocycles. The predicted octanol–water partition coefficient (Wildman–Crippen LogP) is 4.70. The molecule has 0 bridgehead atoms. The third-order valence-corrected chi connectivity index (χ3v) is 7.35. The van der Waals surface area contributed by atoms with Gasteiger partial charge in [0, 0.05) is 10.7 Å². The minimum Gasteiger partial charge on any atom is -0.484 e. The minimum atomic E-state index is -4.98. The van der Waals surface area contributed by atoms with Gasteiger partial charge in [-0.15, -0.1) is 0 Å². The molecule has 0 fully saturated rings. The maximum Gasteiger partial charge on any atom is 0.417 e. The highest BCUT2D eigenvalue weighted by atomic mass is 35.5. The van der Waals surface area contributed by atoms with Gasteiger partial charge < -0.3 is 15.2 Å². The monoisotopic (exact) mass is 544 g/mol. The number of hydrogen-bond donors (Lipinski definition) is 2. The van der Waals surface area contributed by atoms with E-state index in [2.05, 4.69) is 5.32 Å². The SMILES string of the molecule is O=C(Nc1ccc2c(c1)N(S(=O)(=O)c1ccc(Cl)cc1)C[C@H](CO)O2)c1c(F)cccc1C(F)(F)F. The van der Waals surface area contributed by atoms with Crippen LogP contribution in [0, 0.1) is 5.82 Å². The third-order valence-electron chi connectivity index (χ3n) is 5.30. The van der Waals surface area contributed by atoms with Crippen molar-refractivity contribution < 1.29 is 40.6 Å². The van der Waals surface area contributed by atoms with Crippen LogP contribution in [0.3, 0.4) is 0 Å². The fraction of sp³-hybridized carbons (Fsp3) is 0.174. The first-order valence-electron chi connectivity index (χ1n) is 10.3. The van der Waals surface area contributed by atoms with Crippen LogP contribution in [0.2, 0.25) is 5.02 Å². The van der Waals surface area contributed by atoms with Gasteiger partial charge in [-0.25, -0.2) is 12.8 Å². The van der Waals surface area contributed by atoms with Gasteiger partial charge >= 0.3 is 6.18 Å². The number of nitrogens with zero attached hydrogens (tertiary/aromatic N) is 1. The Morgan fingerprint density at radius 2 is 1.83 bits per heavy atom. The Morgan fingerprint density at radius 1 is 1.14 bits per heavy atom. The van der Waals surface area contributed by atoms with Crippen LogP contribution in [0.4, 0.5) is 28.9 Å². The second-order valence-corrected chi connectivity index (χ2v) is 10.0. The lowest BCUT2D eigenvalue weighted by Crippen LogP contribution is -2.45. The number of benzene rings is 3. The zero-order valence-corrected chi connectivity index (χ0v) is 19.7. The summed E-state index contributed by atoms with van der Waals surface area (Å²) in [6, 6.07) is 11.2. The van der Waals surface area contributed by atoms with E-state index in [1.54, 1.807) is 0 Å². The topological polar surface area (TPSA) is 95.9 Å². The fourth-order valence-electron chi connectivity index (χ4n) is 3.63. The van der Waals surface area contributed by atoms with Crippen molar-refractivity contribution in [2.45, 2.75) is 17.2 Å². The van der Waals surface area contributed by atoms with E-state index in [0.717, 1.165) is 16.4 Å². The molecule has 0 aliphatic carbocycles. The maximum atomic E-state index is 14.2. The molecule has 0 aromatic heterocycles. The van der Waals surface area contributed by atoms with Crippen molar-refractivity contribution in [3.63, 3.8) is 0 Å². The van der Waals surface area contributed by atoms with Crippen LogP contribution < -0.4 is 14.4 Å². The molecule has 1 atom stereocenters. The van der Waals surface area contributed by atoms with Gasteiger partial charge in [0.2, 0.25) is 0 Å². The lowest BCUT2D eigenvalue weighted by molar-refractivity contribution is -0.138. The van der Waals surface area contributed by atoms with Crippen molar-refractivity contribution >= 4 is 38.9 Å². The number of amides is 1. The number of carbonyl (C=O) groups is 1. The van der Waals surface area contributed by atoms with E-state index in [-0.39, 0.29) is 28.6 Å². The van der Waals surface area contributed by atoms with Gasteiger partial charge in [-0.2, -0.15) is 13.2 Å². The molecule has 0 spiro atoms. The minimum absolute atomic E-state index is 0.0395. The van der Waals surface area contributed by atoms with Gasteiger partial charge in [-0.05, 0) is 54.6 Å². The zero-order chi connectivity index (χ0) is 26.3. The highest BCUT2D eigenvalue weighted by Crippen LogP contribution is 2.39. The number of fused-ring (bicyclic) bond motifs is 1. The molecule has 2 N–H and O–H groups in total. The molecule has 3 aromatic carbocycles. The molecule has 1 aliphatic heterocycles. The number of hydrogen-bond acceptors (Lipinski definition) is 5. The Morgan fingerprint density at radius 3 is 2.47 bits per heavy atom. The highest BCUT2D eigenvalue weighted by molar-refractivity contribution is 7.92. The van der Waals surface area contributed by atoms with Crippen molar-refractivity contribution in [3.05, 3.63) is 82.6 Å². The van der Waals surface area contributed by atoms with E-state index in [4.69, 9.17) is 16.3 Å². The number of alkyl halides is 3. The van der Waals surface area contributed by atoms with E-state index < -0.39 is 51.8 Å². The van der Waals surface area contributed by atoms with Crippen molar-refractivity contribution in [1.82, 2.24) is 0 Å². The van der Waals surface area contributed by atoms with E-state index in [0.29, 0.717) is 11.1 Å².